The van der Waals surface area contributed by atoms with Crippen LogP contribution in [0, 0.1) is 0 Å². The topological polar surface area (TPSA) is 78.9 Å². The molecule has 0 radical (unpaired) electrons. The molecule has 1 atom stereocenters. The van der Waals surface area contributed by atoms with E-state index in [-0.39, 0.29) is 31.1 Å². The van der Waals surface area contributed by atoms with Crippen molar-refractivity contribution in [3.8, 4) is 0 Å². The number of ether oxygens (including phenoxy) is 3. The molecule has 456 valence electrons. The quantitative estimate of drug-likeness (QED) is 0.0261. The van der Waals surface area contributed by atoms with Gasteiger partial charge in [-0.3, -0.25) is 14.4 Å². The lowest BCUT2D eigenvalue weighted by atomic mass is 10.0. The van der Waals surface area contributed by atoms with Crippen LogP contribution < -0.4 is 0 Å². The normalized spacial score (nSPS) is 12.3. The Morgan fingerprint density at radius 2 is 0.487 bits per heavy atom. The molecule has 0 aromatic heterocycles. The van der Waals surface area contributed by atoms with Crippen molar-refractivity contribution >= 4 is 17.9 Å². The zero-order chi connectivity index (χ0) is 56.4. The van der Waals surface area contributed by atoms with Crippen LogP contribution in [0.25, 0.3) is 0 Å². The van der Waals surface area contributed by atoms with E-state index in [4.69, 9.17) is 14.2 Å². The van der Waals surface area contributed by atoms with Gasteiger partial charge in [0.25, 0.3) is 0 Å². The van der Waals surface area contributed by atoms with E-state index in [0.717, 1.165) is 83.5 Å². The van der Waals surface area contributed by atoms with E-state index in [9.17, 15) is 14.4 Å². The standard InChI is InChI=1S/C72H132O6/c1-4-7-10-13-16-19-22-24-26-27-28-29-30-31-32-33-34-35-36-37-38-39-40-41-42-43-44-45-47-48-50-53-56-59-62-65-71(74)77-68-69(67-76-70(73)64-61-58-55-52-21-18-15-12-9-6-3)78-72(75)66-63-60-57-54-51-49-46-25-23-20-17-14-11-8-5-2/h12,15,22,24-25,27-28,46,69H,4-11,13-14,16-21,23,26,29-45,47-68H2,1-3H3/b15-12-,24-22-,28-27-,46-25-. The van der Waals surface area contributed by atoms with Crippen molar-refractivity contribution < 1.29 is 28.6 Å². The fourth-order valence-electron chi connectivity index (χ4n) is 10.3. The fraction of sp³-hybridized carbons (Fsp3) is 0.847. The molecule has 6 nitrogen and oxygen atoms in total. The summed E-state index contributed by atoms with van der Waals surface area (Å²) in [6.45, 7) is 6.60. The van der Waals surface area contributed by atoms with Crippen LogP contribution in [0.1, 0.15) is 374 Å². The number of esters is 3. The van der Waals surface area contributed by atoms with Crippen molar-refractivity contribution in [3.63, 3.8) is 0 Å². The Hall–Kier alpha value is -2.63. The smallest absolute Gasteiger partial charge is 0.306 e. The number of allylic oxidation sites excluding steroid dienone is 8. The molecule has 1 unspecified atom stereocenters. The third kappa shape index (κ3) is 64.2. The Balaban J connectivity index is 4.00. The second-order valence-corrected chi connectivity index (χ2v) is 23.4. The van der Waals surface area contributed by atoms with E-state index in [1.165, 1.54) is 250 Å². The molecule has 0 heterocycles. The minimum atomic E-state index is -0.778. The Morgan fingerprint density at radius 3 is 0.769 bits per heavy atom. The molecule has 0 saturated heterocycles. The molecule has 0 aliphatic carbocycles. The predicted octanol–water partition coefficient (Wildman–Crippen LogP) is 23.7. The van der Waals surface area contributed by atoms with Gasteiger partial charge in [-0.15, -0.1) is 0 Å². The van der Waals surface area contributed by atoms with Gasteiger partial charge in [-0.1, -0.05) is 307 Å². The van der Waals surface area contributed by atoms with E-state index in [0.29, 0.717) is 19.3 Å². The molecular weight excluding hydrogens is 961 g/mol. The summed E-state index contributed by atoms with van der Waals surface area (Å²) in [5.74, 6) is -0.875. The minimum Gasteiger partial charge on any atom is -0.462 e. The summed E-state index contributed by atoms with van der Waals surface area (Å²) in [6.07, 6.45) is 84.5. The van der Waals surface area contributed by atoms with Gasteiger partial charge >= 0.3 is 17.9 Å². The first-order valence-corrected chi connectivity index (χ1v) is 34.6. The van der Waals surface area contributed by atoms with Gasteiger partial charge in [-0.05, 0) is 96.3 Å². The molecule has 0 aromatic carbocycles. The summed E-state index contributed by atoms with van der Waals surface area (Å²) in [5, 5.41) is 0. The molecule has 0 aromatic rings. The highest BCUT2D eigenvalue weighted by molar-refractivity contribution is 5.71. The predicted molar refractivity (Wildman–Crippen MR) is 339 cm³/mol. The molecule has 0 spiro atoms. The van der Waals surface area contributed by atoms with E-state index < -0.39 is 6.10 Å². The molecule has 0 aliphatic heterocycles. The van der Waals surface area contributed by atoms with Gasteiger partial charge in [0.05, 0.1) is 0 Å². The van der Waals surface area contributed by atoms with Crippen molar-refractivity contribution in [1.29, 1.82) is 0 Å². The van der Waals surface area contributed by atoms with Crippen molar-refractivity contribution in [2.75, 3.05) is 13.2 Å². The molecule has 78 heavy (non-hydrogen) atoms. The Bertz CT molecular complexity index is 1350. The molecule has 0 N–H and O–H groups in total. The summed E-state index contributed by atoms with van der Waals surface area (Å²) in [4.78, 5) is 38.2. The van der Waals surface area contributed by atoms with E-state index in [2.05, 4.69) is 69.4 Å². The molecule has 0 rings (SSSR count). The third-order valence-corrected chi connectivity index (χ3v) is 15.5. The number of hydrogen-bond donors (Lipinski definition) is 0. The largest absolute Gasteiger partial charge is 0.462 e. The van der Waals surface area contributed by atoms with E-state index in [1.807, 2.05) is 0 Å². The van der Waals surface area contributed by atoms with Gasteiger partial charge in [-0.2, -0.15) is 0 Å². The number of hydrogen-bond acceptors (Lipinski definition) is 6. The lowest BCUT2D eigenvalue weighted by Gasteiger charge is -2.18. The maximum absolute atomic E-state index is 12.9. The first kappa shape index (κ1) is 75.4. The zero-order valence-corrected chi connectivity index (χ0v) is 52.5. The van der Waals surface area contributed by atoms with Crippen LogP contribution in [0.2, 0.25) is 0 Å². The molecular formula is C72H132O6. The molecule has 0 saturated carbocycles. The first-order valence-electron chi connectivity index (χ1n) is 34.6. The maximum Gasteiger partial charge on any atom is 0.306 e. The summed E-state index contributed by atoms with van der Waals surface area (Å²) in [5.41, 5.74) is 0. The van der Waals surface area contributed by atoms with Gasteiger partial charge < -0.3 is 14.2 Å². The van der Waals surface area contributed by atoms with Crippen LogP contribution in [0.15, 0.2) is 48.6 Å². The Morgan fingerprint density at radius 1 is 0.256 bits per heavy atom. The van der Waals surface area contributed by atoms with Crippen LogP contribution in [0.3, 0.4) is 0 Å². The highest BCUT2D eigenvalue weighted by atomic mass is 16.6. The SMILES string of the molecule is CCC/C=C\CCCCCCCC(=O)OCC(COC(=O)CCCCCCCCCCCCCCCCCCCCCCCCC/C=C\C/C=C\CCCCCCC)OC(=O)CCCCCCC/C=C\CCCCCCCC. The number of rotatable bonds is 64. The lowest BCUT2D eigenvalue weighted by Crippen LogP contribution is -2.30. The highest BCUT2D eigenvalue weighted by Gasteiger charge is 2.19. The van der Waals surface area contributed by atoms with Gasteiger partial charge in [0, 0.05) is 19.3 Å². The second kappa shape index (κ2) is 66.9. The van der Waals surface area contributed by atoms with Crippen LogP contribution in [-0.2, 0) is 28.6 Å². The van der Waals surface area contributed by atoms with Gasteiger partial charge in [0.1, 0.15) is 13.2 Å². The lowest BCUT2D eigenvalue weighted by molar-refractivity contribution is -0.167. The summed E-state index contributed by atoms with van der Waals surface area (Å²) < 4.78 is 16.9. The molecule has 0 amide bonds. The third-order valence-electron chi connectivity index (χ3n) is 15.5. The van der Waals surface area contributed by atoms with Gasteiger partial charge in [0.15, 0.2) is 6.10 Å². The molecule has 0 bridgehead atoms. The van der Waals surface area contributed by atoms with E-state index >= 15 is 0 Å². The average Bonchev–Trinajstić information content (AvgIpc) is 3.44. The molecule has 0 aliphatic rings. The van der Waals surface area contributed by atoms with Crippen LogP contribution in [-0.4, -0.2) is 37.2 Å². The zero-order valence-electron chi connectivity index (χ0n) is 52.5. The first-order chi connectivity index (χ1) is 38.5. The number of unbranched alkanes of at least 4 members (excludes halogenated alkanes) is 45. The highest BCUT2D eigenvalue weighted by Crippen LogP contribution is 2.18. The van der Waals surface area contributed by atoms with Crippen molar-refractivity contribution in [3.05, 3.63) is 48.6 Å². The van der Waals surface area contributed by atoms with Gasteiger partial charge in [0.2, 0.25) is 0 Å². The maximum atomic E-state index is 12.9. The van der Waals surface area contributed by atoms with E-state index in [1.54, 1.807) is 0 Å². The Kier molecular flexibility index (Phi) is 64.6. The van der Waals surface area contributed by atoms with Crippen molar-refractivity contribution in [1.82, 2.24) is 0 Å². The molecule has 6 heteroatoms. The van der Waals surface area contributed by atoms with Crippen molar-refractivity contribution in [2.45, 2.75) is 380 Å². The van der Waals surface area contributed by atoms with Crippen molar-refractivity contribution in [2.24, 2.45) is 0 Å². The summed E-state index contributed by atoms with van der Waals surface area (Å²) in [7, 11) is 0. The second-order valence-electron chi connectivity index (χ2n) is 23.4. The van der Waals surface area contributed by atoms with Gasteiger partial charge in [-0.25, -0.2) is 0 Å². The summed E-state index contributed by atoms with van der Waals surface area (Å²) in [6, 6.07) is 0. The minimum absolute atomic E-state index is 0.0749. The summed E-state index contributed by atoms with van der Waals surface area (Å²) >= 11 is 0. The average molecular weight is 1090 g/mol. The monoisotopic (exact) mass is 1090 g/mol. The molecule has 0 fully saturated rings. The number of carbonyl (C=O) groups excluding carboxylic acids is 3. The Labute approximate surface area is 486 Å². The fourth-order valence-corrected chi connectivity index (χ4v) is 10.3. The van der Waals surface area contributed by atoms with Crippen LogP contribution in [0.5, 0.6) is 0 Å². The van der Waals surface area contributed by atoms with Crippen LogP contribution >= 0.6 is 0 Å². The number of carbonyl (C=O) groups is 3. The van der Waals surface area contributed by atoms with Crippen LogP contribution in [0.4, 0.5) is 0 Å².